The van der Waals surface area contributed by atoms with Gasteiger partial charge in [0.2, 0.25) is 0 Å². The third-order valence-corrected chi connectivity index (χ3v) is 2.52. The van der Waals surface area contributed by atoms with Crippen molar-refractivity contribution in [2.75, 3.05) is 13.6 Å². The average Bonchev–Trinajstić information content (AvgIpc) is 2.37. The molecule has 0 spiro atoms. The summed E-state index contributed by atoms with van der Waals surface area (Å²) in [6.07, 6.45) is 1.14. The topological polar surface area (TPSA) is 29.0 Å². The van der Waals surface area contributed by atoms with Crippen LogP contribution in [0.4, 0.5) is 0 Å². The van der Waals surface area contributed by atoms with Gasteiger partial charge in [0, 0.05) is 18.1 Å². The molecular weight excluding hydrogens is 194 g/mol. The molecule has 1 aromatic rings. The minimum atomic E-state index is 0.706. The Morgan fingerprint density at radius 3 is 2.83 bits per heavy atom. The van der Waals surface area contributed by atoms with Crippen molar-refractivity contribution in [3.8, 4) is 0 Å². The average molecular weight is 206 g/mol. The lowest BCUT2D eigenvalue weighted by Crippen LogP contribution is -2.18. The van der Waals surface area contributed by atoms with E-state index in [1.54, 1.807) is 0 Å². The van der Waals surface area contributed by atoms with E-state index in [0.29, 0.717) is 4.34 Å². The standard InChI is InChI=1S/C7H12ClN3S/c1-3-4-11(2)5-6-7(8)12-10-9-6/h3-5H2,1-2H3. The first-order valence-corrected chi connectivity index (χ1v) is 5.04. The van der Waals surface area contributed by atoms with Crippen LogP contribution >= 0.6 is 23.1 Å². The summed E-state index contributed by atoms with van der Waals surface area (Å²) in [4.78, 5) is 2.18. The zero-order valence-corrected chi connectivity index (χ0v) is 8.82. The zero-order valence-electron chi connectivity index (χ0n) is 7.25. The van der Waals surface area contributed by atoms with Crippen LogP contribution in [0, 0.1) is 0 Å². The van der Waals surface area contributed by atoms with Crippen molar-refractivity contribution >= 4 is 23.1 Å². The van der Waals surface area contributed by atoms with Crippen molar-refractivity contribution in [3.63, 3.8) is 0 Å². The van der Waals surface area contributed by atoms with E-state index in [1.807, 2.05) is 0 Å². The molecule has 0 aromatic carbocycles. The molecule has 0 N–H and O–H groups in total. The molecule has 0 unspecified atom stereocenters. The second-order valence-electron chi connectivity index (χ2n) is 2.73. The smallest absolute Gasteiger partial charge is 0.138 e. The van der Waals surface area contributed by atoms with E-state index in [0.717, 1.165) is 25.2 Å². The van der Waals surface area contributed by atoms with Crippen LogP contribution in [0.1, 0.15) is 19.0 Å². The lowest BCUT2D eigenvalue weighted by Gasteiger charge is -2.12. The molecule has 0 aliphatic rings. The highest BCUT2D eigenvalue weighted by Crippen LogP contribution is 2.18. The molecule has 0 atom stereocenters. The molecule has 1 rings (SSSR count). The summed E-state index contributed by atoms with van der Waals surface area (Å²) in [5, 5.41) is 3.93. The van der Waals surface area contributed by atoms with Gasteiger partial charge in [-0.3, -0.25) is 0 Å². The fourth-order valence-corrected chi connectivity index (χ4v) is 1.62. The van der Waals surface area contributed by atoms with Crippen LogP contribution in [-0.4, -0.2) is 28.1 Å². The van der Waals surface area contributed by atoms with Crippen LogP contribution in [-0.2, 0) is 6.54 Å². The molecule has 12 heavy (non-hydrogen) atoms. The predicted octanol–water partition coefficient (Wildman–Crippen LogP) is 2.03. The highest BCUT2D eigenvalue weighted by molar-refractivity contribution is 7.10. The molecule has 0 saturated carbocycles. The van der Waals surface area contributed by atoms with Crippen LogP contribution in [0.5, 0.6) is 0 Å². The number of aromatic nitrogens is 2. The van der Waals surface area contributed by atoms with Gasteiger partial charge in [0.05, 0.1) is 0 Å². The zero-order chi connectivity index (χ0) is 8.97. The van der Waals surface area contributed by atoms with Gasteiger partial charge >= 0.3 is 0 Å². The minimum Gasteiger partial charge on any atom is -0.300 e. The van der Waals surface area contributed by atoms with E-state index in [1.165, 1.54) is 11.5 Å². The Labute approximate surface area is 81.5 Å². The van der Waals surface area contributed by atoms with Gasteiger partial charge in [0.25, 0.3) is 0 Å². The van der Waals surface area contributed by atoms with Crippen LogP contribution < -0.4 is 0 Å². The molecule has 1 aromatic heterocycles. The monoisotopic (exact) mass is 205 g/mol. The molecule has 0 aliphatic heterocycles. The predicted molar refractivity (Wildman–Crippen MR) is 51.5 cm³/mol. The molecule has 5 heteroatoms. The van der Waals surface area contributed by atoms with Gasteiger partial charge in [-0.05, 0) is 20.0 Å². The summed E-state index contributed by atoms with van der Waals surface area (Å²) >= 11 is 7.09. The Balaban J connectivity index is 2.46. The quantitative estimate of drug-likeness (QED) is 0.754. The maximum absolute atomic E-state index is 5.85. The van der Waals surface area contributed by atoms with Crippen LogP contribution in [0.25, 0.3) is 0 Å². The first kappa shape index (κ1) is 9.89. The molecule has 0 aliphatic carbocycles. The van der Waals surface area contributed by atoms with Gasteiger partial charge in [0.1, 0.15) is 10.0 Å². The van der Waals surface area contributed by atoms with Crippen LogP contribution in [0.3, 0.4) is 0 Å². The molecule has 68 valence electrons. The van der Waals surface area contributed by atoms with E-state index >= 15 is 0 Å². The minimum absolute atomic E-state index is 0.706. The first-order valence-electron chi connectivity index (χ1n) is 3.89. The van der Waals surface area contributed by atoms with Gasteiger partial charge in [-0.1, -0.05) is 23.0 Å². The fourth-order valence-electron chi connectivity index (χ4n) is 1.01. The lowest BCUT2D eigenvalue weighted by atomic mass is 10.4. The second-order valence-corrected chi connectivity index (χ2v) is 4.09. The lowest BCUT2D eigenvalue weighted by molar-refractivity contribution is 0.323. The van der Waals surface area contributed by atoms with E-state index < -0.39 is 0 Å². The van der Waals surface area contributed by atoms with Crippen molar-refractivity contribution in [1.29, 1.82) is 0 Å². The van der Waals surface area contributed by atoms with Crippen molar-refractivity contribution in [2.45, 2.75) is 19.9 Å². The molecule has 1 heterocycles. The number of hydrogen-bond donors (Lipinski definition) is 0. The van der Waals surface area contributed by atoms with Crippen molar-refractivity contribution in [1.82, 2.24) is 14.5 Å². The van der Waals surface area contributed by atoms with Gasteiger partial charge in [-0.15, -0.1) is 5.10 Å². The van der Waals surface area contributed by atoms with Gasteiger partial charge in [-0.2, -0.15) is 0 Å². The first-order chi connectivity index (χ1) is 5.74. The molecular formula is C7H12ClN3S. The summed E-state index contributed by atoms with van der Waals surface area (Å²) in [6.45, 7) is 4.01. The van der Waals surface area contributed by atoms with Crippen molar-refractivity contribution < 1.29 is 0 Å². The highest BCUT2D eigenvalue weighted by atomic mass is 35.5. The number of halogens is 1. The van der Waals surface area contributed by atoms with Crippen LogP contribution in [0.15, 0.2) is 0 Å². The molecule has 0 radical (unpaired) electrons. The largest absolute Gasteiger partial charge is 0.300 e. The second kappa shape index (κ2) is 4.74. The highest BCUT2D eigenvalue weighted by Gasteiger charge is 2.07. The maximum atomic E-state index is 5.85. The SMILES string of the molecule is CCCN(C)Cc1nnsc1Cl. The number of nitrogens with zero attached hydrogens (tertiary/aromatic N) is 3. The summed E-state index contributed by atoms with van der Waals surface area (Å²) in [6, 6.07) is 0. The van der Waals surface area contributed by atoms with Crippen molar-refractivity contribution in [3.05, 3.63) is 10.0 Å². The van der Waals surface area contributed by atoms with Gasteiger partial charge in [0.15, 0.2) is 0 Å². The Bertz CT molecular complexity index is 238. The Morgan fingerprint density at radius 1 is 1.58 bits per heavy atom. The fraction of sp³-hybridized carbons (Fsp3) is 0.714. The molecule has 0 amide bonds. The summed E-state index contributed by atoms with van der Waals surface area (Å²) in [7, 11) is 2.05. The maximum Gasteiger partial charge on any atom is 0.138 e. The summed E-state index contributed by atoms with van der Waals surface area (Å²) < 4.78 is 4.47. The Morgan fingerprint density at radius 2 is 2.33 bits per heavy atom. The van der Waals surface area contributed by atoms with E-state index in [9.17, 15) is 0 Å². The normalized spacial score (nSPS) is 11.0. The summed E-state index contributed by atoms with van der Waals surface area (Å²) in [5.41, 5.74) is 0.887. The third-order valence-electron chi connectivity index (χ3n) is 1.53. The van der Waals surface area contributed by atoms with Gasteiger partial charge in [-0.25, -0.2) is 0 Å². The van der Waals surface area contributed by atoms with E-state index in [-0.39, 0.29) is 0 Å². The van der Waals surface area contributed by atoms with Crippen LogP contribution in [0.2, 0.25) is 4.34 Å². The number of hydrogen-bond acceptors (Lipinski definition) is 4. The molecule has 0 bridgehead atoms. The summed E-state index contributed by atoms with van der Waals surface area (Å²) in [5.74, 6) is 0. The molecule has 0 fully saturated rings. The Kier molecular flexibility index (Phi) is 3.91. The Hall–Kier alpha value is -0.190. The molecule has 3 nitrogen and oxygen atoms in total. The van der Waals surface area contributed by atoms with Crippen molar-refractivity contribution in [2.24, 2.45) is 0 Å². The van der Waals surface area contributed by atoms with Gasteiger partial charge < -0.3 is 4.90 Å². The van der Waals surface area contributed by atoms with E-state index in [2.05, 4.69) is 28.5 Å². The number of rotatable bonds is 4. The third kappa shape index (κ3) is 2.69. The van der Waals surface area contributed by atoms with E-state index in [4.69, 9.17) is 11.6 Å². The molecule has 0 saturated heterocycles.